The molecule has 0 aliphatic carbocycles. The summed E-state index contributed by atoms with van der Waals surface area (Å²) in [6.07, 6.45) is 0.189. The molecule has 0 fully saturated rings. The molecule has 0 radical (unpaired) electrons. The van der Waals surface area contributed by atoms with E-state index < -0.39 is 0 Å². The van der Waals surface area contributed by atoms with E-state index in [1.165, 1.54) is 0 Å². The molecule has 148 valence electrons. The van der Waals surface area contributed by atoms with Gasteiger partial charge in [-0.1, -0.05) is 35.9 Å². The molecule has 1 N–H and O–H groups in total. The smallest absolute Gasteiger partial charge is 0.265 e. The molecule has 2 amide bonds. The van der Waals surface area contributed by atoms with Gasteiger partial charge in [0.2, 0.25) is 5.91 Å². The lowest BCUT2D eigenvalue weighted by atomic mass is 10.0. The second-order valence-corrected chi connectivity index (χ2v) is 7.88. The van der Waals surface area contributed by atoms with Crippen molar-refractivity contribution in [3.05, 3.63) is 81.5 Å². The lowest BCUT2D eigenvalue weighted by Gasteiger charge is -2.29. The number of amides is 2. The van der Waals surface area contributed by atoms with Crippen LogP contribution in [0.15, 0.2) is 65.4 Å². The molecule has 0 spiro atoms. The van der Waals surface area contributed by atoms with Crippen molar-refractivity contribution in [3.8, 4) is 5.75 Å². The van der Waals surface area contributed by atoms with Crippen molar-refractivity contribution >= 4 is 40.4 Å². The number of hydrogen-bond acceptors (Lipinski definition) is 4. The summed E-state index contributed by atoms with van der Waals surface area (Å²) in [5.74, 6) is 0.376. The van der Waals surface area contributed by atoms with Crippen LogP contribution < -0.4 is 15.0 Å². The van der Waals surface area contributed by atoms with Crippen molar-refractivity contribution in [3.63, 3.8) is 0 Å². The summed E-state index contributed by atoms with van der Waals surface area (Å²) >= 11 is 7.58. The Hall–Kier alpha value is -2.83. The zero-order valence-corrected chi connectivity index (χ0v) is 17.1. The van der Waals surface area contributed by atoms with Crippen LogP contribution in [0.1, 0.15) is 23.6 Å². The quantitative estimate of drug-likeness (QED) is 0.634. The Morgan fingerprint density at radius 1 is 1.14 bits per heavy atom. The number of halogens is 1. The van der Waals surface area contributed by atoms with Crippen LogP contribution in [0.3, 0.4) is 0 Å². The fourth-order valence-corrected chi connectivity index (χ4v) is 4.11. The van der Waals surface area contributed by atoms with Crippen molar-refractivity contribution in [2.24, 2.45) is 0 Å². The highest BCUT2D eigenvalue weighted by Crippen LogP contribution is 2.31. The van der Waals surface area contributed by atoms with E-state index in [0.717, 1.165) is 11.1 Å². The molecule has 0 saturated carbocycles. The standard InChI is InChI=1S/C22H19ClN2O3S/c23-17-7-5-15(6-8-17)22(16-10-12-29-14-16)24-20(26)9-11-25-18-3-1-2-4-19(18)28-13-21(25)27/h1-8,10,12,14,22H,9,11,13H2,(H,24,26). The molecule has 1 aromatic heterocycles. The molecule has 1 aliphatic rings. The van der Waals surface area contributed by atoms with Crippen molar-refractivity contribution in [1.82, 2.24) is 5.32 Å². The van der Waals surface area contributed by atoms with E-state index in [9.17, 15) is 9.59 Å². The average molecular weight is 427 g/mol. The van der Waals surface area contributed by atoms with Crippen molar-refractivity contribution in [2.75, 3.05) is 18.1 Å². The van der Waals surface area contributed by atoms with Gasteiger partial charge < -0.3 is 15.0 Å². The van der Waals surface area contributed by atoms with Crippen molar-refractivity contribution in [1.29, 1.82) is 0 Å². The average Bonchev–Trinajstić information content (AvgIpc) is 3.26. The first-order chi connectivity index (χ1) is 14.1. The number of rotatable bonds is 6. The molecule has 3 aromatic rings. The minimum absolute atomic E-state index is 0.0130. The number of carbonyl (C=O) groups excluding carboxylic acids is 2. The highest BCUT2D eigenvalue weighted by Gasteiger charge is 2.26. The molecule has 1 aliphatic heterocycles. The first-order valence-electron chi connectivity index (χ1n) is 9.21. The molecule has 0 bridgehead atoms. The number of para-hydroxylation sites is 2. The maximum absolute atomic E-state index is 12.7. The Balaban J connectivity index is 1.46. The van der Waals surface area contributed by atoms with Gasteiger partial charge in [-0.2, -0.15) is 11.3 Å². The van der Waals surface area contributed by atoms with Crippen molar-refractivity contribution in [2.45, 2.75) is 12.5 Å². The molecule has 29 heavy (non-hydrogen) atoms. The number of carbonyl (C=O) groups is 2. The Bertz CT molecular complexity index is 1010. The van der Waals surface area contributed by atoms with Gasteiger partial charge in [0.1, 0.15) is 5.75 Å². The maximum Gasteiger partial charge on any atom is 0.265 e. The van der Waals surface area contributed by atoms with E-state index in [0.29, 0.717) is 23.0 Å². The molecular weight excluding hydrogens is 408 g/mol. The van der Waals surface area contributed by atoms with Gasteiger partial charge in [-0.15, -0.1) is 0 Å². The number of thiophene rings is 1. The third kappa shape index (κ3) is 4.44. The SMILES string of the molecule is O=C(CCN1C(=O)COc2ccccc21)NC(c1ccc(Cl)cc1)c1ccsc1. The van der Waals surface area contributed by atoms with E-state index >= 15 is 0 Å². The van der Waals surface area contributed by atoms with Crippen LogP contribution >= 0.6 is 22.9 Å². The second kappa shape index (κ2) is 8.68. The summed E-state index contributed by atoms with van der Waals surface area (Å²) in [6.45, 7) is 0.281. The number of hydrogen-bond donors (Lipinski definition) is 1. The van der Waals surface area contributed by atoms with E-state index in [1.54, 1.807) is 16.2 Å². The molecule has 0 saturated heterocycles. The molecule has 5 nitrogen and oxygen atoms in total. The molecule has 7 heteroatoms. The molecule has 1 atom stereocenters. The van der Waals surface area contributed by atoms with Gasteiger partial charge in [0, 0.05) is 18.0 Å². The monoisotopic (exact) mass is 426 g/mol. The molecular formula is C22H19ClN2O3S. The number of nitrogens with one attached hydrogen (secondary N) is 1. The summed E-state index contributed by atoms with van der Waals surface area (Å²) in [5, 5.41) is 7.73. The van der Waals surface area contributed by atoms with Gasteiger partial charge >= 0.3 is 0 Å². The van der Waals surface area contributed by atoms with E-state index in [2.05, 4.69) is 5.32 Å². The fraction of sp³-hybridized carbons (Fsp3) is 0.182. The Morgan fingerprint density at radius 2 is 1.93 bits per heavy atom. The number of fused-ring (bicyclic) bond motifs is 1. The van der Waals surface area contributed by atoms with E-state index in [-0.39, 0.29) is 30.9 Å². The number of benzene rings is 2. The van der Waals surface area contributed by atoms with Crippen LogP contribution in [0.2, 0.25) is 5.02 Å². The van der Waals surface area contributed by atoms with Crippen molar-refractivity contribution < 1.29 is 14.3 Å². The molecule has 2 heterocycles. The van der Waals surface area contributed by atoms with Gasteiger partial charge in [0.25, 0.3) is 5.91 Å². The third-order valence-electron chi connectivity index (χ3n) is 4.76. The minimum atomic E-state index is -0.265. The zero-order valence-electron chi connectivity index (χ0n) is 15.5. The predicted octanol–water partition coefficient (Wildman–Crippen LogP) is 4.42. The minimum Gasteiger partial charge on any atom is -0.482 e. The summed E-state index contributed by atoms with van der Waals surface area (Å²) in [4.78, 5) is 26.6. The van der Waals surface area contributed by atoms with Gasteiger partial charge in [-0.3, -0.25) is 9.59 Å². The van der Waals surface area contributed by atoms with E-state index in [1.807, 2.05) is 65.4 Å². The second-order valence-electron chi connectivity index (χ2n) is 6.66. The summed E-state index contributed by atoms with van der Waals surface area (Å²) in [6, 6.07) is 16.5. The maximum atomic E-state index is 12.7. The number of ether oxygens (including phenoxy) is 1. The first kappa shape index (κ1) is 19.5. The Labute approximate surface area is 177 Å². The first-order valence-corrected chi connectivity index (χ1v) is 10.5. The van der Waals surface area contributed by atoms with Gasteiger partial charge in [-0.05, 0) is 52.2 Å². The zero-order chi connectivity index (χ0) is 20.2. The van der Waals surface area contributed by atoms with Crippen LogP contribution in [0, 0.1) is 0 Å². The van der Waals surface area contributed by atoms with Crippen LogP contribution in [0.4, 0.5) is 5.69 Å². The summed E-state index contributed by atoms with van der Waals surface area (Å²) < 4.78 is 5.45. The third-order valence-corrected chi connectivity index (χ3v) is 5.71. The van der Waals surface area contributed by atoms with Gasteiger partial charge in [0.15, 0.2) is 6.61 Å². The number of nitrogens with zero attached hydrogens (tertiary/aromatic N) is 1. The number of anilines is 1. The van der Waals surface area contributed by atoms with Crippen LogP contribution in [-0.4, -0.2) is 25.0 Å². The Morgan fingerprint density at radius 3 is 2.69 bits per heavy atom. The van der Waals surface area contributed by atoms with Crippen LogP contribution in [0.5, 0.6) is 5.75 Å². The highest BCUT2D eigenvalue weighted by molar-refractivity contribution is 7.08. The topological polar surface area (TPSA) is 58.6 Å². The largest absolute Gasteiger partial charge is 0.482 e. The van der Waals surface area contributed by atoms with Crippen LogP contribution in [0.25, 0.3) is 0 Å². The Kier molecular flexibility index (Phi) is 5.83. The molecule has 1 unspecified atom stereocenters. The van der Waals surface area contributed by atoms with Crippen LogP contribution in [-0.2, 0) is 9.59 Å². The molecule has 4 rings (SSSR count). The van der Waals surface area contributed by atoms with Gasteiger partial charge in [-0.25, -0.2) is 0 Å². The lowest BCUT2D eigenvalue weighted by Crippen LogP contribution is -2.41. The summed E-state index contributed by atoms with van der Waals surface area (Å²) in [7, 11) is 0. The lowest BCUT2D eigenvalue weighted by molar-refractivity contribution is -0.122. The predicted molar refractivity (Wildman–Crippen MR) is 115 cm³/mol. The normalized spacial score (nSPS) is 14.1. The highest BCUT2D eigenvalue weighted by atomic mass is 35.5. The van der Waals surface area contributed by atoms with E-state index in [4.69, 9.17) is 16.3 Å². The summed E-state index contributed by atoms with van der Waals surface area (Å²) in [5.41, 5.74) is 2.66. The fourth-order valence-electron chi connectivity index (χ4n) is 3.30. The molecule has 2 aromatic carbocycles. The van der Waals surface area contributed by atoms with Gasteiger partial charge in [0.05, 0.1) is 11.7 Å².